The third kappa shape index (κ3) is 5.34. The van der Waals surface area contributed by atoms with Crippen molar-refractivity contribution in [1.82, 2.24) is 4.31 Å². The summed E-state index contributed by atoms with van der Waals surface area (Å²) in [4.78, 5) is 12.4. The lowest BCUT2D eigenvalue weighted by Gasteiger charge is -2.17. The van der Waals surface area contributed by atoms with Gasteiger partial charge in [-0.25, -0.2) is 12.8 Å². The predicted octanol–water partition coefficient (Wildman–Crippen LogP) is 4.05. The van der Waals surface area contributed by atoms with E-state index in [1.165, 1.54) is 17.5 Å². The van der Waals surface area contributed by atoms with Gasteiger partial charge in [-0.3, -0.25) is 4.79 Å². The normalized spacial score (nSPS) is 14.4. The number of hydrogen-bond acceptors (Lipinski definition) is 5. The van der Waals surface area contributed by atoms with Gasteiger partial charge in [0.1, 0.15) is 22.2 Å². The molecule has 3 rings (SSSR count). The molecule has 0 spiro atoms. The average Bonchev–Trinajstić information content (AvgIpc) is 3.31. The van der Waals surface area contributed by atoms with Gasteiger partial charge in [-0.05, 0) is 49.6 Å². The van der Waals surface area contributed by atoms with E-state index in [1.807, 2.05) is 6.92 Å². The lowest BCUT2D eigenvalue weighted by Crippen LogP contribution is -2.29. The Morgan fingerprint density at radius 3 is 2.58 bits per heavy atom. The highest BCUT2D eigenvalue weighted by Crippen LogP contribution is 2.30. The monoisotopic (exact) mass is 450 g/mol. The van der Waals surface area contributed by atoms with Crippen LogP contribution in [0.2, 0.25) is 0 Å². The van der Waals surface area contributed by atoms with E-state index in [0.29, 0.717) is 36.9 Å². The molecule has 1 aliphatic rings. The van der Waals surface area contributed by atoms with Crippen molar-refractivity contribution in [3.8, 4) is 11.5 Å². The van der Waals surface area contributed by atoms with Crippen molar-refractivity contribution in [3.63, 3.8) is 0 Å². The molecule has 0 saturated carbocycles. The number of nitrogens with zero attached hydrogens (tertiary/aromatic N) is 1. The number of amides is 1. The molecular formula is C22H27FN2O5S. The SMILES string of the molecule is CCCCOc1ccc(OC)cc1NC(=O)c1ccc(F)c(S(=O)(=O)N2CCCC2)c1. The fraction of sp³-hybridized carbons (Fsp3) is 0.409. The van der Waals surface area contributed by atoms with Crippen LogP contribution in [-0.2, 0) is 10.0 Å². The fourth-order valence-electron chi connectivity index (χ4n) is 3.29. The Morgan fingerprint density at radius 1 is 1.16 bits per heavy atom. The molecule has 0 atom stereocenters. The van der Waals surface area contributed by atoms with Crippen LogP contribution in [0.25, 0.3) is 0 Å². The molecule has 1 fully saturated rings. The molecule has 2 aromatic rings. The van der Waals surface area contributed by atoms with Crippen LogP contribution in [0.3, 0.4) is 0 Å². The zero-order valence-electron chi connectivity index (χ0n) is 17.7. The number of nitrogens with one attached hydrogen (secondary N) is 1. The molecule has 0 radical (unpaired) electrons. The number of carbonyl (C=O) groups is 1. The Balaban J connectivity index is 1.87. The Kier molecular flexibility index (Phi) is 7.50. The summed E-state index contributed by atoms with van der Waals surface area (Å²) in [6.45, 7) is 3.23. The molecule has 1 saturated heterocycles. The maximum absolute atomic E-state index is 14.4. The molecule has 1 aliphatic heterocycles. The van der Waals surface area contributed by atoms with Gasteiger partial charge >= 0.3 is 0 Å². The molecule has 1 heterocycles. The zero-order chi connectivity index (χ0) is 22.4. The molecular weight excluding hydrogens is 423 g/mol. The first-order chi connectivity index (χ1) is 14.9. The summed E-state index contributed by atoms with van der Waals surface area (Å²) in [6, 6.07) is 8.36. The van der Waals surface area contributed by atoms with Crippen molar-refractivity contribution in [2.45, 2.75) is 37.5 Å². The Labute approximate surface area is 182 Å². The number of ether oxygens (including phenoxy) is 2. The number of benzene rings is 2. The largest absolute Gasteiger partial charge is 0.497 e. The maximum atomic E-state index is 14.4. The van der Waals surface area contributed by atoms with Gasteiger partial charge in [0.25, 0.3) is 5.91 Å². The van der Waals surface area contributed by atoms with Crippen molar-refractivity contribution in [2.75, 3.05) is 32.1 Å². The van der Waals surface area contributed by atoms with E-state index < -0.39 is 26.6 Å². The van der Waals surface area contributed by atoms with E-state index in [-0.39, 0.29) is 5.56 Å². The number of unbranched alkanes of at least 4 members (excludes halogenated alkanes) is 1. The van der Waals surface area contributed by atoms with Gasteiger partial charge in [0, 0.05) is 24.7 Å². The summed E-state index contributed by atoms with van der Waals surface area (Å²) >= 11 is 0. The molecule has 2 aromatic carbocycles. The molecule has 0 aliphatic carbocycles. The minimum absolute atomic E-state index is 0.0292. The topological polar surface area (TPSA) is 84.9 Å². The van der Waals surface area contributed by atoms with Crippen molar-refractivity contribution >= 4 is 21.6 Å². The van der Waals surface area contributed by atoms with Crippen LogP contribution < -0.4 is 14.8 Å². The van der Waals surface area contributed by atoms with E-state index in [2.05, 4.69) is 5.32 Å². The second-order valence-electron chi connectivity index (χ2n) is 7.27. The van der Waals surface area contributed by atoms with Gasteiger partial charge in [-0.1, -0.05) is 13.3 Å². The van der Waals surface area contributed by atoms with E-state index in [1.54, 1.807) is 18.2 Å². The van der Waals surface area contributed by atoms with E-state index >= 15 is 0 Å². The van der Waals surface area contributed by atoms with Gasteiger partial charge in [0.05, 0.1) is 19.4 Å². The summed E-state index contributed by atoms with van der Waals surface area (Å²) in [7, 11) is -2.49. The van der Waals surface area contributed by atoms with E-state index in [4.69, 9.17) is 9.47 Å². The molecule has 9 heteroatoms. The zero-order valence-corrected chi connectivity index (χ0v) is 18.5. The molecule has 7 nitrogen and oxygen atoms in total. The van der Waals surface area contributed by atoms with E-state index in [0.717, 1.165) is 37.8 Å². The smallest absolute Gasteiger partial charge is 0.255 e. The van der Waals surface area contributed by atoms with Gasteiger partial charge in [0.15, 0.2) is 0 Å². The quantitative estimate of drug-likeness (QED) is 0.583. The third-order valence-electron chi connectivity index (χ3n) is 5.07. The van der Waals surface area contributed by atoms with Crippen LogP contribution >= 0.6 is 0 Å². The van der Waals surface area contributed by atoms with E-state index in [9.17, 15) is 17.6 Å². The minimum atomic E-state index is -4.00. The lowest BCUT2D eigenvalue weighted by atomic mass is 10.2. The van der Waals surface area contributed by atoms with Crippen molar-refractivity contribution < 1.29 is 27.1 Å². The second kappa shape index (κ2) is 10.1. The van der Waals surface area contributed by atoms with Gasteiger partial charge in [-0.2, -0.15) is 4.31 Å². The van der Waals surface area contributed by atoms with Gasteiger partial charge < -0.3 is 14.8 Å². The lowest BCUT2D eigenvalue weighted by molar-refractivity contribution is 0.102. The first-order valence-electron chi connectivity index (χ1n) is 10.3. The first-order valence-corrected chi connectivity index (χ1v) is 11.7. The highest BCUT2D eigenvalue weighted by atomic mass is 32.2. The van der Waals surface area contributed by atoms with Gasteiger partial charge in [-0.15, -0.1) is 0 Å². The van der Waals surface area contributed by atoms with Crippen molar-refractivity contribution in [1.29, 1.82) is 0 Å². The van der Waals surface area contributed by atoms with Crippen LogP contribution in [-0.4, -0.2) is 45.4 Å². The first kappa shape index (κ1) is 23.0. The molecule has 1 N–H and O–H groups in total. The van der Waals surface area contributed by atoms with Gasteiger partial charge in [0.2, 0.25) is 10.0 Å². The maximum Gasteiger partial charge on any atom is 0.255 e. The number of hydrogen-bond donors (Lipinski definition) is 1. The Bertz CT molecular complexity index is 1040. The molecule has 0 bridgehead atoms. The van der Waals surface area contributed by atoms with Crippen LogP contribution in [0.1, 0.15) is 43.0 Å². The summed E-state index contributed by atoms with van der Waals surface area (Å²) in [5.74, 6) is -0.468. The van der Waals surface area contributed by atoms with Crippen LogP contribution in [0.4, 0.5) is 10.1 Å². The number of anilines is 1. The number of halogens is 1. The molecule has 1 amide bonds. The average molecular weight is 451 g/mol. The number of rotatable bonds is 9. The number of sulfonamides is 1. The standard InChI is InChI=1S/C22H27FN2O5S/c1-3-4-13-30-20-10-8-17(29-2)15-19(20)24-22(26)16-7-9-18(23)21(14-16)31(27,28)25-11-5-6-12-25/h7-10,14-15H,3-6,11-13H2,1-2H3,(H,24,26). The highest BCUT2D eigenvalue weighted by Gasteiger charge is 2.30. The highest BCUT2D eigenvalue weighted by molar-refractivity contribution is 7.89. The predicted molar refractivity (Wildman–Crippen MR) is 116 cm³/mol. The summed E-state index contributed by atoms with van der Waals surface area (Å²) < 4.78 is 52.2. The molecule has 168 valence electrons. The third-order valence-corrected chi connectivity index (χ3v) is 6.98. The fourth-order valence-corrected chi connectivity index (χ4v) is 4.90. The van der Waals surface area contributed by atoms with Crippen LogP contribution in [0, 0.1) is 5.82 Å². The van der Waals surface area contributed by atoms with Crippen LogP contribution in [0.15, 0.2) is 41.3 Å². The summed E-state index contributed by atoms with van der Waals surface area (Å²) in [5.41, 5.74) is 0.412. The minimum Gasteiger partial charge on any atom is -0.497 e. The Morgan fingerprint density at radius 2 is 1.90 bits per heavy atom. The Hall–Kier alpha value is -2.65. The second-order valence-corrected chi connectivity index (χ2v) is 9.18. The van der Waals surface area contributed by atoms with Crippen LogP contribution in [0.5, 0.6) is 11.5 Å². The summed E-state index contributed by atoms with van der Waals surface area (Å²) in [6.07, 6.45) is 3.28. The molecule has 31 heavy (non-hydrogen) atoms. The number of methoxy groups -OCH3 is 1. The molecule has 0 unspecified atom stereocenters. The van der Waals surface area contributed by atoms with Crippen molar-refractivity contribution in [3.05, 3.63) is 47.8 Å². The molecule has 0 aromatic heterocycles. The summed E-state index contributed by atoms with van der Waals surface area (Å²) in [5, 5.41) is 2.72. The van der Waals surface area contributed by atoms with Crippen molar-refractivity contribution in [2.24, 2.45) is 0 Å². The number of carbonyl (C=O) groups excluding carboxylic acids is 1.